The molecule has 2 aliphatic rings. The van der Waals surface area contributed by atoms with Crippen molar-refractivity contribution in [2.45, 2.75) is 11.8 Å². The van der Waals surface area contributed by atoms with Crippen LogP contribution in [0.1, 0.15) is 22.3 Å². The molecule has 2 heterocycles. The first-order valence-electron chi connectivity index (χ1n) is 21.5. The molecule has 2 aromatic heterocycles. The Bertz CT molecular complexity index is 3430. The van der Waals surface area contributed by atoms with E-state index in [1.54, 1.807) is 0 Å². The Hall–Kier alpha value is -8.21. The molecule has 4 heteroatoms. The molecule has 0 bridgehead atoms. The summed E-state index contributed by atoms with van der Waals surface area (Å²) in [6.07, 6.45) is 9.59. The molecule has 12 rings (SSSR count). The lowest BCUT2D eigenvalue weighted by atomic mass is 9.66. The smallest absolute Gasteiger partial charge is 0.164 e. The number of allylic oxidation sites excluding steroid dienone is 5. The van der Waals surface area contributed by atoms with Gasteiger partial charge in [-0.15, -0.1) is 0 Å². The molecule has 296 valence electrons. The average Bonchev–Trinajstić information content (AvgIpc) is 3.87. The standard InChI is InChI=1S/C59H40N4/c1-39-20-6-2-7-21-40-22-14-16-32-49(40)59(39)50-33-17-15-29-46(50)54-45(30-18-34-51(54)59)43-36-37-52-48(38-43)55-47(31-19-35-53(55)63(52)44-27-12-5-13-28-44)58-61-56(41-23-8-3-9-24-41)60-57(62-58)42-25-10-4-11-26-42/h2-20,22-38H,1,21H2/b7-2-,20-6-. The van der Waals surface area contributed by atoms with Crippen molar-refractivity contribution in [1.29, 1.82) is 0 Å². The second-order valence-electron chi connectivity index (χ2n) is 16.3. The molecule has 8 aromatic carbocycles. The number of nitrogens with zero attached hydrogens (tertiary/aromatic N) is 4. The summed E-state index contributed by atoms with van der Waals surface area (Å²) in [5, 5.41) is 2.21. The molecule has 0 saturated heterocycles. The molecule has 0 saturated carbocycles. The van der Waals surface area contributed by atoms with E-state index < -0.39 is 5.41 Å². The van der Waals surface area contributed by atoms with Crippen LogP contribution in [0.4, 0.5) is 0 Å². The van der Waals surface area contributed by atoms with E-state index in [-0.39, 0.29) is 0 Å². The van der Waals surface area contributed by atoms with Gasteiger partial charge in [-0.05, 0) is 86.8 Å². The van der Waals surface area contributed by atoms with Gasteiger partial charge in [-0.2, -0.15) is 0 Å². The fourth-order valence-corrected chi connectivity index (χ4v) is 10.2. The number of hydrogen-bond acceptors (Lipinski definition) is 3. The van der Waals surface area contributed by atoms with E-state index in [2.05, 4.69) is 187 Å². The van der Waals surface area contributed by atoms with Crippen LogP contribution in [0.15, 0.2) is 231 Å². The molecule has 1 spiro atoms. The van der Waals surface area contributed by atoms with E-state index in [0.717, 1.165) is 61.7 Å². The Morgan fingerprint density at radius 2 is 1.06 bits per heavy atom. The third kappa shape index (κ3) is 5.72. The molecule has 2 aliphatic carbocycles. The zero-order valence-electron chi connectivity index (χ0n) is 34.5. The zero-order chi connectivity index (χ0) is 41.9. The summed E-state index contributed by atoms with van der Waals surface area (Å²) in [7, 11) is 0. The summed E-state index contributed by atoms with van der Waals surface area (Å²) in [6.45, 7) is 4.85. The van der Waals surface area contributed by atoms with Crippen LogP contribution in [0.25, 0.3) is 83.9 Å². The van der Waals surface area contributed by atoms with E-state index in [0.29, 0.717) is 17.5 Å². The van der Waals surface area contributed by atoms with Gasteiger partial charge in [-0.3, -0.25) is 0 Å². The predicted molar refractivity (Wildman–Crippen MR) is 259 cm³/mol. The van der Waals surface area contributed by atoms with E-state index in [1.165, 1.54) is 38.9 Å². The third-order valence-electron chi connectivity index (χ3n) is 12.9. The summed E-state index contributed by atoms with van der Waals surface area (Å²) < 4.78 is 2.37. The third-order valence-corrected chi connectivity index (χ3v) is 12.9. The lowest BCUT2D eigenvalue weighted by Crippen LogP contribution is -2.29. The highest BCUT2D eigenvalue weighted by atomic mass is 15.0. The number of hydrogen-bond donors (Lipinski definition) is 0. The van der Waals surface area contributed by atoms with Gasteiger partial charge in [0.05, 0.1) is 16.4 Å². The Balaban J connectivity index is 1.14. The fraction of sp³-hybridized carbons (Fsp3) is 0.0339. The average molecular weight is 805 g/mol. The molecule has 1 unspecified atom stereocenters. The predicted octanol–water partition coefficient (Wildman–Crippen LogP) is 14.2. The Morgan fingerprint density at radius 1 is 0.460 bits per heavy atom. The van der Waals surface area contributed by atoms with Gasteiger partial charge in [0.1, 0.15) is 0 Å². The van der Waals surface area contributed by atoms with Crippen molar-refractivity contribution < 1.29 is 0 Å². The second-order valence-corrected chi connectivity index (χ2v) is 16.3. The zero-order valence-corrected chi connectivity index (χ0v) is 34.5. The second kappa shape index (κ2) is 14.8. The van der Waals surface area contributed by atoms with Crippen molar-refractivity contribution >= 4 is 21.8 Å². The molecule has 63 heavy (non-hydrogen) atoms. The summed E-state index contributed by atoms with van der Waals surface area (Å²) in [4.78, 5) is 15.5. The molecule has 4 nitrogen and oxygen atoms in total. The first-order chi connectivity index (χ1) is 31.2. The van der Waals surface area contributed by atoms with Crippen molar-refractivity contribution in [3.05, 3.63) is 253 Å². The van der Waals surface area contributed by atoms with Crippen LogP contribution in [0.3, 0.4) is 0 Å². The van der Waals surface area contributed by atoms with Crippen molar-refractivity contribution in [2.24, 2.45) is 0 Å². The monoisotopic (exact) mass is 804 g/mol. The molecule has 0 radical (unpaired) electrons. The lowest BCUT2D eigenvalue weighted by molar-refractivity contribution is 0.760. The fourth-order valence-electron chi connectivity index (χ4n) is 10.2. The number of benzene rings is 8. The highest BCUT2D eigenvalue weighted by Crippen LogP contribution is 2.59. The van der Waals surface area contributed by atoms with Crippen LogP contribution >= 0.6 is 0 Å². The van der Waals surface area contributed by atoms with Crippen molar-refractivity contribution in [1.82, 2.24) is 19.5 Å². The van der Waals surface area contributed by atoms with Crippen LogP contribution < -0.4 is 0 Å². The Kier molecular flexibility index (Phi) is 8.58. The minimum atomic E-state index is -0.562. The molecule has 1 atom stereocenters. The molecular weight excluding hydrogens is 765 g/mol. The number of para-hydroxylation sites is 1. The van der Waals surface area contributed by atoms with Crippen molar-refractivity contribution in [3.63, 3.8) is 0 Å². The minimum Gasteiger partial charge on any atom is -0.309 e. The maximum atomic E-state index is 5.24. The van der Waals surface area contributed by atoms with Gasteiger partial charge in [0, 0.05) is 33.2 Å². The van der Waals surface area contributed by atoms with E-state index in [4.69, 9.17) is 21.5 Å². The summed E-state index contributed by atoms with van der Waals surface area (Å²) in [5.41, 5.74) is 16.5. The Labute approximate surface area is 366 Å². The van der Waals surface area contributed by atoms with E-state index in [9.17, 15) is 0 Å². The molecule has 10 aromatic rings. The van der Waals surface area contributed by atoms with Gasteiger partial charge in [-0.1, -0.05) is 195 Å². The highest BCUT2D eigenvalue weighted by Gasteiger charge is 2.47. The number of aromatic nitrogens is 4. The Morgan fingerprint density at radius 3 is 1.83 bits per heavy atom. The van der Waals surface area contributed by atoms with Gasteiger partial charge in [-0.25, -0.2) is 15.0 Å². The quantitative estimate of drug-likeness (QED) is 0.174. The maximum absolute atomic E-state index is 5.24. The van der Waals surface area contributed by atoms with Crippen LogP contribution in [0.5, 0.6) is 0 Å². The first-order valence-corrected chi connectivity index (χ1v) is 21.5. The number of rotatable bonds is 5. The summed E-state index contributed by atoms with van der Waals surface area (Å²) in [6, 6.07) is 69.2. The van der Waals surface area contributed by atoms with Gasteiger partial charge in [0.2, 0.25) is 0 Å². The van der Waals surface area contributed by atoms with Crippen molar-refractivity contribution in [2.75, 3.05) is 0 Å². The van der Waals surface area contributed by atoms with Crippen molar-refractivity contribution in [3.8, 4) is 62.1 Å². The topological polar surface area (TPSA) is 43.6 Å². The summed E-state index contributed by atoms with van der Waals surface area (Å²) >= 11 is 0. The van der Waals surface area contributed by atoms with Crippen LogP contribution in [-0.4, -0.2) is 19.5 Å². The summed E-state index contributed by atoms with van der Waals surface area (Å²) in [5.74, 6) is 1.90. The molecule has 0 amide bonds. The van der Waals surface area contributed by atoms with Gasteiger partial charge in [0.25, 0.3) is 0 Å². The van der Waals surface area contributed by atoms with E-state index in [1.807, 2.05) is 36.4 Å². The molecular formula is C59H40N4. The normalized spacial score (nSPS) is 16.2. The first kappa shape index (κ1) is 36.6. The van der Waals surface area contributed by atoms with Crippen LogP contribution in [0, 0.1) is 0 Å². The van der Waals surface area contributed by atoms with Gasteiger partial charge < -0.3 is 4.57 Å². The number of fused-ring (bicyclic) bond motifs is 10. The minimum absolute atomic E-state index is 0.562. The van der Waals surface area contributed by atoms with Gasteiger partial charge >= 0.3 is 0 Å². The lowest BCUT2D eigenvalue weighted by Gasteiger charge is -2.35. The van der Waals surface area contributed by atoms with E-state index >= 15 is 0 Å². The molecule has 0 N–H and O–H groups in total. The largest absolute Gasteiger partial charge is 0.309 e. The highest BCUT2D eigenvalue weighted by molar-refractivity contribution is 6.16. The van der Waals surface area contributed by atoms with Crippen LogP contribution in [0.2, 0.25) is 0 Å². The van der Waals surface area contributed by atoms with Crippen LogP contribution in [-0.2, 0) is 11.8 Å². The van der Waals surface area contributed by atoms with Gasteiger partial charge in [0.15, 0.2) is 17.5 Å². The maximum Gasteiger partial charge on any atom is 0.164 e. The molecule has 0 fully saturated rings. The molecule has 0 aliphatic heterocycles. The SMILES string of the molecule is C=C1/C=C\C=C/Cc2ccccc2C12c1ccccc1-c1c(-c3ccc4c(c3)c3c(-c5nc(-c6ccccc6)nc(-c6ccccc6)n5)cccc3n4-c3ccccc3)cccc12.